The molecule has 0 aliphatic heterocycles. The van der Waals surface area contributed by atoms with Gasteiger partial charge in [0.2, 0.25) is 14.9 Å². The van der Waals surface area contributed by atoms with E-state index in [0.717, 1.165) is 6.92 Å². The highest BCUT2D eigenvalue weighted by molar-refractivity contribution is 7.89. The van der Waals surface area contributed by atoms with E-state index in [0.29, 0.717) is 6.20 Å². The first-order valence-corrected chi connectivity index (χ1v) is 5.90. The minimum Gasteiger partial charge on any atom is -0.402 e. The molecule has 1 aromatic heterocycles. The van der Waals surface area contributed by atoms with Crippen LogP contribution < -0.4 is 9.88 Å². The van der Waals surface area contributed by atoms with Gasteiger partial charge in [0.25, 0.3) is 0 Å². The molecule has 0 unspecified atom stereocenters. The van der Waals surface area contributed by atoms with Crippen LogP contribution in [-0.2, 0) is 10.0 Å². The van der Waals surface area contributed by atoms with Crippen molar-refractivity contribution in [1.82, 2.24) is 4.98 Å². The molecule has 0 saturated carbocycles. The van der Waals surface area contributed by atoms with Gasteiger partial charge in [0, 0.05) is 0 Å². The Morgan fingerprint density at radius 2 is 2.00 bits per heavy atom. The summed E-state index contributed by atoms with van der Waals surface area (Å²) in [6.45, 7) is 1.05. The Kier molecular flexibility index (Phi) is 3.67. The van der Waals surface area contributed by atoms with Crippen LogP contribution in [-0.4, -0.2) is 24.7 Å². The van der Waals surface area contributed by atoms with Crippen molar-refractivity contribution in [3.8, 4) is 5.75 Å². The summed E-state index contributed by atoms with van der Waals surface area (Å²) in [4.78, 5) is 11.4. The number of ether oxygens (including phenoxy) is 1. The van der Waals surface area contributed by atoms with E-state index in [4.69, 9.17) is 0 Å². The summed E-state index contributed by atoms with van der Waals surface area (Å²) >= 11 is 0. The molecular formula is C7H6F3N3O5S. The number of nitro groups is 1. The molecule has 19 heavy (non-hydrogen) atoms. The average Bonchev–Trinajstić information content (AvgIpc) is 2.15. The second-order valence-electron chi connectivity index (χ2n) is 3.24. The molecule has 0 aromatic carbocycles. The van der Waals surface area contributed by atoms with Gasteiger partial charge in [0.15, 0.2) is 5.75 Å². The fraction of sp³-hybridized carbons (Fsp3) is 0.286. The summed E-state index contributed by atoms with van der Waals surface area (Å²) < 4.78 is 62.1. The van der Waals surface area contributed by atoms with E-state index in [1.165, 1.54) is 0 Å². The van der Waals surface area contributed by atoms with E-state index in [9.17, 15) is 31.7 Å². The van der Waals surface area contributed by atoms with Crippen molar-refractivity contribution in [2.24, 2.45) is 5.14 Å². The summed E-state index contributed by atoms with van der Waals surface area (Å²) in [6.07, 6.45) is -4.85. The highest BCUT2D eigenvalue weighted by atomic mass is 32.2. The molecule has 1 rings (SSSR count). The van der Waals surface area contributed by atoms with Crippen LogP contribution in [0.3, 0.4) is 0 Å². The number of alkyl halides is 3. The van der Waals surface area contributed by atoms with Gasteiger partial charge in [-0.05, 0) is 6.92 Å². The largest absolute Gasteiger partial charge is 0.573 e. The van der Waals surface area contributed by atoms with Crippen LogP contribution in [0.1, 0.15) is 5.69 Å². The van der Waals surface area contributed by atoms with Crippen molar-refractivity contribution in [3.63, 3.8) is 0 Å². The van der Waals surface area contributed by atoms with Crippen LogP contribution in [0.4, 0.5) is 18.9 Å². The van der Waals surface area contributed by atoms with Crippen molar-refractivity contribution in [2.45, 2.75) is 18.2 Å². The normalized spacial score (nSPS) is 12.3. The molecule has 1 aromatic rings. The van der Waals surface area contributed by atoms with Gasteiger partial charge in [0.1, 0.15) is 5.69 Å². The predicted octanol–water partition coefficient (Wildman–Crippen LogP) is 0.844. The summed E-state index contributed by atoms with van der Waals surface area (Å²) in [6, 6.07) is 0. The molecule has 8 nitrogen and oxygen atoms in total. The topological polar surface area (TPSA) is 125 Å². The number of pyridine rings is 1. The monoisotopic (exact) mass is 301 g/mol. The van der Waals surface area contributed by atoms with Crippen LogP contribution in [0.5, 0.6) is 5.75 Å². The zero-order valence-electron chi connectivity index (χ0n) is 9.13. The van der Waals surface area contributed by atoms with Crippen molar-refractivity contribution in [1.29, 1.82) is 0 Å². The van der Waals surface area contributed by atoms with Gasteiger partial charge in [-0.25, -0.2) is 13.6 Å². The van der Waals surface area contributed by atoms with Crippen LogP contribution in [0.25, 0.3) is 0 Å². The molecule has 0 bridgehead atoms. The SMILES string of the molecule is Cc1ncc(OC(F)(F)F)c(S(N)(=O)=O)c1[N+](=O)[O-]. The molecule has 0 atom stereocenters. The molecule has 0 aliphatic rings. The van der Waals surface area contributed by atoms with E-state index in [-0.39, 0.29) is 0 Å². The van der Waals surface area contributed by atoms with Gasteiger partial charge in [-0.15, -0.1) is 13.2 Å². The Balaban J connectivity index is 3.67. The first kappa shape index (κ1) is 15.1. The van der Waals surface area contributed by atoms with E-state index in [1.54, 1.807) is 0 Å². The summed E-state index contributed by atoms with van der Waals surface area (Å²) in [5.41, 5.74) is -1.58. The number of aromatic nitrogens is 1. The number of nitrogens with two attached hydrogens (primary N) is 1. The Morgan fingerprint density at radius 3 is 2.37 bits per heavy atom. The minimum absolute atomic E-state index is 0.398. The second-order valence-corrected chi connectivity index (χ2v) is 4.73. The zero-order valence-corrected chi connectivity index (χ0v) is 9.95. The number of primary sulfonamides is 1. The molecule has 12 heteroatoms. The first-order chi connectivity index (χ1) is 8.43. The van der Waals surface area contributed by atoms with Gasteiger partial charge < -0.3 is 4.74 Å². The molecule has 1 heterocycles. The predicted molar refractivity (Wildman–Crippen MR) is 53.7 cm³/mol. The van der Waals surface area contributed by atoms with Gasteiger partial charge in [-0.2, -0.15) is 0 Å². The van der Waals surface area contributed by atoms with E-state index < -0.39 is 43.3 Å². The van der Waals surface area contributed by atoms with Crippen molar-refractivity contribution < 1.29 is 31.2 Å². The Labute approximate surface area is 104 Å². The maximum atomic E-state index is 12.1. The molecule has 0 radical (unpaired) electrons. The maximum absolute atomic E-state index is 12.1. The molecular weight excluding hydrogens is 295 g/mol. The molecule has 106 valence electrons. The summed E-state index contributed by atoms with van der Waals surface area (Å²) in [5.74, 6) is -1.35. The lowest BCUT2D eigenvalue weighted by molar-refractivity contribution is -0.389. The number of aryl methyl sites for hydroxylation is 1. The van der Waals surface area contributed by atoms with Gasteiger partial charge >= 0.3 is 12.0 Å². The number of hydrogen-bond acceptors (Lipinski definition) is 6. The van der Waals surface area contributed by atoms with Crippen molar-refractivity contribution >= 4 is 15.7 Å². The Morgan fingerprint density at radius 1 is 1.47 bits per heavy atom. The smallest absolute Gasteiger partial charge is 0.402 e. The lowest BCUT2D eigenvalue weighted by Crippen LogP contribution is -2.22. The Hall–Kier alpha value is -1.95. The van der Waals surface area contributed by atoms with Gasteiger partial charge in [-0.1, -0.05) is 0 Å². The lowest BCUT2D eigenvalue weighted by atomic mass is 10.3. The number of halogens is 3. The number of sulfonamides is 1. The summed E-state index contributed by atoms with van der Waals surface area (Å²) in [7, 11) is -4.81. The maximum Gasteiger partial charge on any atom is 0.573 e. The van der Waals surface area contributed by atoms with Crippen molar-refractivity contribution in [3.05, 3.63) is 22.0 Å². The summed E-state index contributed by atoms with van der Waals surface area (Å²) in [5, 5.41) is 15.4. The quantitative estimate of drug-likeness (QED) is 0.651. The fourth-order valence-corrected chi connectivity index (χ4v) is 2.11. The lowest BCUT2D eigenvalue weighted by Gasteiger charge is -2.12. The third-order valence-corrected chi connectivity index (χ3v) is 2.81. The molecule has 0 spiro atoms. The fourth-order valence-electron chi connectivity index (χ4n) is 1.24. The third-order valence-electron chi connectivity index (χ3n) is 1.85. The zero-order chi connectivity index (χ0) is 15.0. The minimum atomic E-state index is -5.25. The number of nitrogens with zero attached hydrogens (tertiary/aromatic N) is 2. The van der Waals surface area contributed by atoms with Crippen LogP contribution in [0.2, 0.25) is 0 Å². The molecule has 0 aliphatic carbocycles. The standard InChI is InChI=1S/C7H6F3N3O5S/c1-3-5(13(14)15)6(19(11,16)17)4(2-12-3)18-7(8,9)10/h2H,1H3,(H2,11,16,17). The van der Waals surface area contributed by atoms with E-state index in [1.807, 2.05) is 0 Å². The van der Waals surface area contributed by atoms with E-state index >= 15 is 0 Å². The van der Waals surface area contributed by atoms with Crippen LogP contribution >= 0.6 is 0 Å². The molecule has 0 amide bonds. The van der Waals surface area contributed by atoms with Crippen LogP contribution in [0.15, 0.2) is 11.1 Å². The average molecular weight is 301 g/mol. The first-order valence-electron chi connectivity index (χ1n) is 4.36. The van der Waals surface area contributed by atoms with Crippen molar-refractivity contribution in [2.75, 3.05) is 0 Å². The number of hydrogen-bond donors (Lipinski definition) is 1. The third kappa shape index (κ3) is 3.51. The van der Waals surface area contributed by atoms with Gasteiger partial charge in [-0.3, -0.25) is 15.1 Å². The van der Waals surface area contributed by atoms with E-state index in [2.05, 4.69) is 14.9 Å². The highest BCUT2D eigenvalue weighted by Crippen LogP contribution is 2.36. The number of rotatable bonds is 3. The molecule has 2 N–H and O–H groups in total. The Bertz CT molecular complexity index is 628. The highest BCUT2D eigenvalue weighted by Gasteiger charge is 2.38. The molecule has 0 fully saturated rings. The molecule has 0 saturated heterocycles. The van der Waals surface area contributed by atoms with Crippen LogP contribution in [0, 0.1) is 17.0 Å². The van der Waals surface area contributed by atoms with Gasteiger partial charge in [0.05, 0.1) is 11.1 Å². The second kappa shape index (κ2) is 4.62.